The van der Waals surface area contributed by atoms with Crippen molar-refractivity contribution < 1.29 is 0 Å². The molecular weight excluding hydrogens is 254 g/mol. The van der Waals surface area contributed by atoms with Crippen molar-refractivity contribution in [2.24, 2.45) is 0 Å². The number of anilines is 2. The van der Waals surface area contributed by atoms with Gasteiger partial charge in [0.2, 0.25) is 0 Å². The van der Waals surface area contributed by atoms with Gasteiger partial charge in [0.25, 0.3) is 0 Å². The van der Waals surface area contributed by atoms with Crippen molar-refractivity contribution >= 4 is 22.7 Å². The maximum atomic E-state index is 5.71. The minimum Gasteiger partial charge on any atom is -0.384 e. The minimum atomic E-state index is -0.0223. The first-order chi connectivity index (χ1) is 9.63. The molecule has 4 N–H and O–H groups in total. The molecule has 0 unspecified atom stereocenters. The smallest absolute Gasteiger partial charge is 0.161 e. The first-order valence-corrected chi connectivity index (χ1v) is 6.30. The van der Waals surface area contributed by atoms with Crippen LogP contribution in [0.5, 0.6) is 0 Å². The molecule has 7 heteroatoms. The number of nitrogens with one attached hydrogen (secondary N) is 2. The van der Waals surface area contributed by atoms with Crippen LogP contribution < -0.4 is 11.1 Å². The Hall–Kier alpha value is -2.70. The van der Waals surface area contributed by atoms with Gasteiger partial charge in [-0.1, -0.05) is 6.07 Å². The van der Waals surface area contributed by atoms with Crippen molar-refractivity contribution in [1.82, 2.24) is 25.1 Å². The highest BCUT2D eigenvalue weighted by Crippen LogP contribution is 2.23. The van der Waals surface area contributed by atoms with E-state index in [2.05, 4.69) is 30.5 Å². The van der Waals surface area contributed by atoms with Gasteiger partial charge in [-0.05, 0) is 26.0 Å². The molecule has 102 valence electrons. The largest absolute Gasteiger partial charge is 0.384 e. The summed E-state index contributed by atoms with van der Waals surface area (Å²) < 4.78 is 0. The van der Waals surface area contributed by atoms with Crippen LogP contribution in [0.25, 0.3) is 11.0 Å². The normalized spacial score (nSPS) is 12.5. The van der Waals surface area contributed by atoms with E-state index in [-0.39, 0.29) is 6.04 Å². The Labute approximate surface area is 115 Å². The van der Waals surface area contributed by atoms with Crippen LogP contribution in [0.1, 0.15) is 24.5 Å². The SMILES string of the molecule is Cc1nc(N[C@@H](C)c2cccc(N)n2)c2cn[nH]c2n1. The molecular formula is C13H15N7. The van der Waals surface area contributed by atoms with Crippen molar-refractivity contribution in [3.8, 4) is 0 Å². The van der Waals surface area contributed by atoms with Gasteiger partial charge in [0.15, 0.2) is 5.65 Å². The molecule has 0 aliphatic rings. The molecule has 0 fully saturated rings. The molecule has 3 heterocycles. The van der Waals surface area contributed by atoms with Crippen molar-refractivity contribution in [2.75, 3.05) is 11.1 Å². The fourth-order valence-electron chi connectivity index (χ4n) is 2.05. The Balaban J connectivity index is 1.94. The number of pyridine rings is 1. The number of nitrogens with zero attached hydrogens (tertiary/aromatic N) is 4. The summed E-state index contributed by atoms with van der Waals surface area (Å²) in [7, 11) is 0. The second-order valence-electron chi connectivity index (χ2n) is 4.61. The third-order valence-corrected chi connectivity index (χ3v) is 3.01. The van der Waals surface area contributed by atoms with Crippen LogP contribution in [0.15, 0.2) is 24.4 Å². The zero-order valence-electron chi connectivity index (χ0n) is 11.3. The summed E-state index contributed by atoms with van der Waals surface area (Å²) in [6.45, 7) is 3.85. The second kappa shape index (κ2) is 4.76. The Morgan fingerprint density at radius 1 is 1.25 bits per heavy atom. The van der Waals surface area contributed by atoms with E-state index in [1.807, 2.05) is 26.0 Å². The summed E-state index contributed by atoms with van der Waals surface area (Å²) in [5.74, 6) is 1.92. The monoisotopic (exact) mass is 269 g/mol. The summed E-state index contributed by atoms with van der Waals surface area (Å²) in [6.07, 6.45) is 1.70. The number of nitrogen functional groups attached to an aromatic ring is 1. The maximum Gasteiger partial charge on any atom is 0.161 e. The van der Waals surface area contributed by atoms with Gasteiger partial charge in [-0.15, -0.1) is 0 Å². The quantitative estimate of drug-likeness (QED) is 0.669. The lowest BCUT2D eigenvalue weighted by molar-refractivity contribution is 0.833. The van der Waals surface area contributed by atoms with Crippen LogP contribution >= 0.6 is 0 Å². The zero-order valence-corrected chi connectivity index (χ0v) is 11.3. The molecule has 3 aromatic heterocycles. The Morgan fingerprint density at radius 3 is 2.90 bits per heavy atom. The first-order valence-electron chi connectivity index (χ1n) is 6.30. The van der Waals surface area contributed by atoms with Crippen molar-refractivity contribution in [2.45, 2.75) is 19.9 Å². The van der Waals surface area contributed by atoms with Gasteiger partial charge in [-0.3, -0.25) is 5.10 Å². The Morgan fingerprint density at radius 2 is 2.10 bits per heavy atom. The van der Waals surface area contributed by atoms with Crippen LogP contribution in [0.2, 0.25) is 0 Å². The average Bonchev–Trinajstić information content (AvgIpc) is 2.86. The number of nitrogens with two attached hydrogens (primary N) is 1. The van der Waals surface area contributed by atoms with E-state index in [1.165, 1.54) is 0 Å². The van der Waals surface area contributed by atoms with Crippen LogP contribution in [-0.2, 0) is 0 Å². The van der Waals surface area contributed by atoms with Crippen molar-refractivity contribution in [3.05, 3.63) is 35.9 Å². The van der Waals surface area contributed by atoms with Crippen molar-refractivity contribution in [1.29, 1.82) is 0 Å². The number of hydrogen-bond donors (Lipinski definition) is 3. The average molecular weight is 269 g/mol. The molecule has 0 aromatic carbocycles. The molecule has 3 aromatic rings. The molecule has 0 saturated heterocycles. The minimum absolute atomic E-state index is 0.0223. The number of aromatic nitrogens is 5. The summed E-state index contributed by atoms with van der Waals surface area (Å²) in [4.78, 5) is 13.0. The van der Waals surface area contributed by atoms with E-state index in [1.54, 1.807) is 12.3 Å². The third kappa shape index (κ3) is 2.25. The van der Waals surface area contributed by atoms with E-state index in [9.17, 15) is 0 Å². The first kappa shape index (κ1) is 12.3. The lowest BCUT2D eigenvalue weighted by Gasteiger charge is -2.15. The lowest BCUT2D eigenvalue weighted by atomic mass is 10.2. The van der Waals surface area contributed by atoms with Crippen LogP contribution in [0, 0.1) is 6.92 Å². The standard InChI is InChI=1S/C13H15N7/c1-7(10-4-3-5-11(14)19-10)16-12-9-6-15-20-13(9)18-8(2)17-12/h3-7H,1-2H3,(H2,14,19)(H2,15,16,17,18,20)/t7-/m0/s1. The van der Waals surface area contributed by atoms with Gasteiger partial charge >= 0.3 is 0 Å². The van der Waals surface area contributed by atoms with Gasteiger partial charge in [-0.25, -0.2) is 15.0 Å². The number of aromatic amines is 1. The number of fused-ring (bicyclic) bond motifs is 1. The Bertz CT molecular complexity index is 749. The molecule has 7 nitrogen and oxygen atoms in total. The van der Waals surface area contributed by atoms with Crippen LogP contribution in [-0.4, -0.2) is 25.1 Å². The van der Waals surface area contributed by atoms with Gasteiger partial charge in [0.05, 0.1) is 23.3 Å². The van der Waals surface area contributed by atoms with Gasteiger partial charge in [-0.2, -0.15) is 5.10 Å². The molecule has 0 radical (unpaired) electrons. The second-order valence-corrected chi connectivity index (χ2v) is 4.61. The topological polar surface area (TPSA) is 105 Å². The molecule has 0 saturated carbocycles. The summed E-state index contributed by atoms with van der Waals surface area (Å²) >= 11 is 0. The molecule has 3 rings (SSSR count). The maximum absolute atomic E-state index is 5.71. The van der Waals surface area contributed by atoms with Crippen LogP contribution in [0.3, 0.4) is 0 Å². The van der Waals surface area contributed by atoms with E-state index >= 15 is 0 Å². The summed E-state index contributed by atoms with van der Waals surface area (Å²) in [5, 5.41) is 11.0. The predicted molar refractivity (Wildman–Crippen MR) is 77.1 cm³/mol. The molecule has 0 spiro atoms. The zero-order chi connectivity index (χ0) is 14.1. The highest BCUT2D eigenvalue weighted by Gasteiger charge is 2.12. The van der Waals surface area contributed by atoms with Gasteiger partial charge in [0, 0.05) is 0 Å². The van der Waals surface area contributed by atoms with E-state index in [0.717, 1.165) is 16.9 Å². The van der Waals surface area contributed by atoms with Crippen LogP contribution in [0.4, 0.5) is 11.6 Å². The number of rotatable bonds is 3. The molecule has 0 aliphatic carbocycles. The van der Waals surface area contributed by atoms with E-state index < -0.39 is 0 Å². The van der Waals surface area contributed by atoms with Gasteiger partial charge in [0.1, 0.15) is 17.5 Å². The third-order valence-electron chi connectivity index (χ3n) is 3.01. The van der Waals surface area contributed by atoms with Crippen molar-refractivity contribution in [3.63, 3.8) is 0 Å². The van der Waals surface area contributed by atoms with E-state index in [0.29, 0.717) is 17.3 Å². The molecule has 0 aliphatic heterocycles. The molecule has 20 heavy (non-hydrogen) atoms. The fourth-order valence-corrected chi connectivity index (χ4v) is 2.05. The lowest BCUT2D eigenvalue weighted by Crippen LogP contribution is -2.11. The Kier molecular flexibility index (Phi) is 2.94. The molecule has 0 amide bonds. The van der Waals surface area contributed by atoms with Gasteiger partial charge < -0.3 is 11.1 Å². The molecule has 0 bridgehead atoms. The fraction of sp³-hybridized carbons (Fsp3) is 0.231. The number of aryl methyl sites for hydroxylation is 1. The van der Waals surface area contributed by atoms with E-state index in [4.69, 9.17) is 5.73 Å². The molecule has 1 atom stereocenters. The highest BCUT2D eigenvalue weighted by atomic mass is 15.2. The number of hydrogen-bond acceptors (Lipinski definition) is 6. The summed E-state index contributed by atoms with van der Waals surface area (Å²) in [5.41, 5.74) is 7.28. The predicted octanol–water partition coefficient (Wildman–Crippen LogP) is 1.81. The number of H-pyrrole nitrogens is 1. The summed E-state index contributed by atoms with van der Waals surface area (Å²) in [6, 6.07) is 5.55. The highest BCUT2D eigenvalue weighted by molar-refractivity contribution is 5.85.